The van der Waals surface area contributed by atoms with E-state index in [9.17, 15) is 8.42 Å². The van der Waals surface area contributed by atoms with E-state index in [1.165, 1.54) is 18.0 Å². The normalized spacial score (nSPS) is 11.7. The number of benzene rings is 2. The quantitative estimate of drug-likeness (QED) is 0.233. The average Bonchev–Trinajstić information content (AvgIpc) is 2.70. The molecule has 0 atom stereocenters. The molecule has 0 spiro atoms. The number of anilines is 1. The Morgan fingerprint density at radius 3 is 2.27 bits per heavy atom. The number of rotatable bonds is 8. The van der Waals surface area contributed by atoms with E-state index >= 15 is 0 Å². The Labute approximate surface area is 183 Å². The molecule has 0 aromatic heterocycles. The molecule has 0 radical (unpaired) electrons. The van der Waals surface area contributed by atoms with Gasteiger partial charge < -0.3 is 0 Å². The van der Waals surface area contributed by atoms with Gasteiger partial charge in [-0.15, -0.1) is 0 Å². The van der Waals surface area contributed by atoms with Crippen LogP contribution in [0.3, 0.4) is 0 Å². The first-order valence-corrected chi connectivity index (χ1v) is 11.6. The Balaban J connectivity index is 2.58. The smallest absolute Gasteiger partial charge is 0.261 e. The predicted octanol–water partition coefficient (Wildman–Crippen LogP) is 5.86. The summed E-state index contributed by atoms with van der Waals surface area (Å²) in [6.07, 6.45) is 4.83. The van der Waals surface area contributed by atoms with Crippen LogP contribution < -0.4 is 10.1 Å². The minimum atomic E-state index is -3.78. The van der Waals surface area contributed by atoms with Crippen LogP contribution in [0.1, 0.15) is 34.7 Å². The lowest BCUT2D eigenvalue weighted by atomic mass is 10.00. The first-order valence-electron chi connectivity index (χ1n) is 9.25. The number of sulfonamides is 1. The van der Waals surface area contributed by atoms with Crippen LogP contribution in [0.25, 0.3) is 12.2 Å². The van der Waals surface area contributed by atoms with Crippen LogP contribution in [0, 0.1) is 20.8 Å². The maximum atomic E-state index is 13.1. The van der Waals surface area contributed by atoms with Crippen molar-refractivity contribution in [1.82, 2.24) is 5.43 Å². The zero-order valence-electron chi connectivity index (χ0n) is 17.7. The number of aryl methyl sites for hydroxylation is 2. The summed E-state index contributed by atoms with van der Waals surface area (Å²) >= 11 is 1.42. The molecule has 0 aliphatic heterocycles. The van der Waals surface area contributed by atoms with Gasteiger partial charge in [-0.3, -0.25) is 10.1 Å². The molecule has 2 rings (SSSR count). The molecule has 0 bridgehead atoms. The summed E-state index contributed by atoms with van der Waals surface area (Å²) in [5.74, 6) is 0. The standard InChI is InChI=1S/C23H27N3O2S2/c1-8-20-17(6)23(29-18(7)25-24-10-3)14-22(21(20)9-2)26-30(27,28)19-12-11-15(4)16(5)13-19/h8-14,24,26H,1-3H2,4-7H3/b25-18+. The summed E-state index contributed by atoms with van der Waals surface area (Å²) in [4.78, 5) is 1.07. The zero-order chi connectivity index (χ0) is 22.5. The van der Waals surface area contributed by atoms with Crippen LogP contribution in [0.5, 0.6) is 0 Å². The highest BCUT2D eigenvalue weighted by Gasteiger charge is 2.20. The topological polar surface area (TPSA) is 70.6 Å². The third-order valence-electron chi connectivity index (χ3n) is 4.64. The number of nitrogens with zero attached hydrogens (tertiary/aromatic N) is 1. The number of nitrogens with one attached hydrogen (secondary N) is 2. The Morgan fingerprint density at radius 1 is 1.03 bits per heavy atom. The minimum Gasteiger partial charge on any atom is -0.286 e. The number of hydrogen-bond acceptors (Lipinski definition) is 5. The van der Waals surface area contributed by atoms with Crippen molar-refractivity contribution in [2.75, 3.05) is 4.72 Å². The fourth-order valence-electron chi connectivity index (χ4n) is 2.87. The van der Waals surface area contributed by atoms with Gasteiger partial charge in [0.25, 0.3) is 10.0 Å². The van der Waals surface area contributed by atoms with Crippen molar-refractivity contribution in [2.45, 2.75) is 37.5 Å². The van der Waals surface area contributed by atoms with Crippen molar-refractivity contribution >= 4 is 44.7 Å². The molecular formula is C23H27N3O2S2. The SMILES string of the molecule is C=CN/N=C(\C)Sc1cc(NS(=O)(=O)c2ccc(C)c(C)c2)c(C=C)c(C=C)c1C. The van der Waals surface area contributed by atoms with E-state index < -0.39 is 10.0 Å². The molecule has 0 aliphatic rings. The van der Waals surface area contributed by atoms with E-state index in [1.54, 1.807) is 36.4 Å². The Hall–Kier alpha value is -2.77. The van der Waals surface area contributed by atoms with Gasteiger partial charge in [0.1, 0.15) is 0 Å². The summed E-state index contributed by atoms with van der Waals surface area (Å²) in [5, 5.41) is 4.93. The molecule has 0 saturated carbocycles. The molecule has 2 aromatic carbocycles. The van der Waals surface area contributed by atoms with E-state index in [0.29, 0.717) is 11.3 Å². The molecule has 0 unspecified atom stereocenters. The van der Waals surface area contributed by atoms with Crippen LogP contribution >= 0.6 is 11.8 Å². The highest BCUT2D eigenvalue weighted by Crippen LogP contribution is 2.36. The summed E-state index contributed by atoms with van der Waals surface area (Å²) in [6.45, 7) is 19.0. The Morgan fingerprint density at radius 2 is 1.70 bits per heavy atom. The average molecular weight is 442 g/mol. The minimum absolute atomic E-state index is 0.212. The van der Waals surface area contributed by atoms with E-state index in [-0.39, 0.29) is 4.90 Å². The molecule has 0 aliphatic carbocycles. The van der Waals surface area contributed by atoms with Crippen molar-refractivity contribution in [3.8, 4) is 0 Å². The second-order valence-electron chi connectivity index (χ2n) is 6.70. The van der Waals surface area contributed by atoms with Crippen molar-refractivity contribution in [1.29, 1.82) is 0 Å². The molecule has 0 fully saturated rings. The molecule has 0 saturated heterocycles. The zero-order valence-corrected chi connectivity index (χ0v) is 19.4. The van der Waals surface area contributed by atoms with Gasteiger partial charge in [0.05, 0.1) is 15.6 Å². The Kier molecular flexibility index (Phi) is 7.70. The Bertz CT molecular complexity index is 1130. The second-order valence-corrected chi connectivity index (χ2v) is 9.62. The number of hydrogen-bond donors (Lipinski definition) is 2. The third kappa shape index (κ3) is 5.23. The summed E-state index contributed by atoms with van der Waals surface area (Å²) in [5.41, 5.74) is 7.55. The lowest BCUT2D eigenvalue weighted by molar-refractivity contribution is 0.601. The van der Waals surface area contributed by atoms with Gasteiger partial charge in [0, 0.05) is 16.7 Å². The first-order chi connectivity index (χ1) is 14.1. The molecule has 30 heavy (non-hydrogen) atoms. The van der Waals surface area contributed by atoms with Gasteiger partial charge in [-0.1, -0.05) is 49.7 Å². The van der Waals surface area contributed by atoms with Gasteiger partial charge in [-0.05, 0) is 68.1 Å². The molecule has 158 valence electrons. The van der Waals surface area contributed by atoms with E-state index in [0.717, 1.165) is 32.2 Å². The predicted molar refractivity (Wildman–Crippen MR) is 130 cm³/mol. The number of hydrazone groups is 1. The maximum absolute atomic E-state index is 13.1. The molecular weight excluding hydrogens is 414 g/mol. The van der Waals surface area contributed by atoms with E-state index in [2.05, 4.69) is 35.0 Å². The van der Waals surface area contributed by atoms with Gasteiger partial charge >= 0.3 is 0 Å². The van der Waals surface area contributed by atoms with Gasteiger partial charge in [0.2, 0.25) is 0 Å². The van der Waals surface area contributed by atoms with Crippen LogP contribution in [-0.4, -0.2) is 13.5 Å². The third-order valence-corrected chi connectivity index (χ3v) is 7.04. The van der Waals surface area contributed by atoms with E-state index in [4.69, 9.17) is 0 Å². The lowest BCUT2D eigenvalue weighted by Crippen LogP contribution is -2.15. The highest BCUT2D eigenvalue weighted by atomic mass is 32.2. The van der Waals surface area contributed by atoms with Crippen molar-refractivity contribution in [3.63, 3.8) is 0 Å². The first kappa shape index (κ1) is 23.5. The van der Waals surface area contributed by atoms with E-state index in [1.807, 2.05) is 27.7 Å². The fraction of sp³-hybridized carbons (Fsp3) is 0.174. The lowest BCUT2D eigenvalue weighted by Gasteiger charge is -2.18. The molecule has 0 amide bonds. The van der Waals surface area contributed by atoms with Crippen molar-refractivity contribution in [3.05, 3.63) is 78.0 Å². The van der Waals surface area contributed by atoms with Crippen LogP contribution in [0.4, 0.5) is 5.69 Å². The summed E-state index contributed by atoms with van der Waals surface area (Å²) < 4.78 is 28.9. The molecule has 7 heteroatoms. The van der Waals surface area contributed by atoms with Crippen LogP contribution in [-0.2, 0) is 10.0 Å². The van der Waals surface area contributed by atoms with Crippen molar-refractivity contribution < 1.29 is 8.42 Å². The van der Waals surface area contributed by atoms with Gasteiger partial charge in [0.15, 0.2) is 0 Å². The monoisotopic (exact) mass is 441 g/mol. The molecule has 2 aromatic rings. The maximum Gasteiger partial charge on any atom is 0.261 e. The summed E-state index contributed by atoms with van der Waals surface area (Å²) in [6, 6.07) is 6.88. The molecule has 5 nitrogen and oxygen atoms in total. The van der Waals surface area contributed by atoms with Crippen LogP contribution in [0.15, 0.2) is 65.1 Å². The summed E-state index contributed by atoms with van der Waals surface area (Å²) in [7, 11) is -3.78. The number of thioether (sulfide) groups is 1. The fourth-order valence-corrected chi connectivity index (χ4v) is 4.89. The second kappa shape index (κ2) is 9.82. The van der Waals surface area contributed by atoms with Gasteiger partial charge in [-0.2, -0.15) is 5.10 Å². The van der Waals surface area contributed by atoms with Crippen molar-refractivity contribution in [2.24, 2.45) is 5.10 Å². The van der Waals surface area contributed by atoms with Gasteiger partial charge in [-0.25, -0.2) is 8.42 Å². The molecule has 0 heterocycles. The molecule has 2 N–H and O–H groups in total. The largest absolute Gasteiger partial charge is 0.286 e. The highest BCUT2D eigenvalue weighted by molar-refractivity contribution is 8.14. The van der Waals surface area contributed by atoms with Crippen LogP contribution in [0.2, 0.25) is 0 Å².